The minimum Gasteiger partial charge on any atom is -0.497 e. The highest BCUT2D eigenvalue weighted by atomic mass is 16.5. The first kappa shape index (κ1) is 21.0. The van der Waals surface area contributed by atoms with Crippen LogP contribution >= 0.6 is 0 Å². The van der Waals surface area contributed by atoms with E-state index in [0.29, 0.717) is 6.54 Å². The van der Waals surface area contributed by atoms with Crippen LogP contribution in [0, 0.1) is 0 Å². The lowest BCUT2D eigenvalue weighted by molar-refractivity contribution is 0.414. The lowest BCUT2D eigenvalue weighted by Gasteiger charge is -2.19. The zero-order chi connectivity index (χ0) is 21.8. The van der Waals surface area contributed by atoms with E-state index in [9.17, 15) is 0 Å². The summed E-state index contributed by atoms with van der Waals surface area (Å²) in [5.74, 6) is 1.93. The molecule has 0 aliphatic carbocycles. The van der Waals surface area contributed by atoms with Crippen LogP contribution in [-0.2, 0) is 24.8 Å². The lowest BCUT2D eigenvalue weighted by atomic mass is 9.86. The van der Waals surface area contributed by atoms with E-state index in [1.807, 2.05) is 24.3 Å². The van der Waals surface area contributed by atoms with Crippen LogP contribution in [0.1, 0.15) is 43.2 Å². The molecule has 0 fully saturated rings. The Morgan fingerprint density at radius 2 is 1.71 bits per heavy atom. The lowest BCUT2D eigenvalue weighted by Crippen LogP contribution is -2.10. The first-order valence-electron chi connectivity index (χ1n) is 10.9. The molecule has 0 atom stereocenters. The second-order valence-electron chi connectivity index (χ2n) is 8.99. The van der Waals surface area contributed by atoms with Gasteiger partial charge in [0.1, 0.15) is 17.2 Å². The highest BCUT2D eigenvalue weighted by molar-refractivity contribution is 5.55. The SMILES string of the molecule is COc1cccc(CNc2c(CCc3ccc(C(C)(C)C)cc3)nc3ccccn23)c1. The van der Waals surface area contributed by atoms with Crippen LogP contribution in [0.15, 0.2) is 72.9 Å². The van der Waals surface area contributed by atoms with Crippen LogP contribution in [0.2, 0.25) is 0 Å². The van der Waals surface area contributed by atoms with E-state index >= 15 is 0 Å². The largest absolute Gasteiger partial charge is 0.497 e. The fraction of sp³-hybridized carbons (Fsp3) is 0.296. The van der Waals surface area contributed by atoms with Gasteiger partial charge in [-0.25, -0.2) is 4.98 Å². The fourth-order valence-corrected chi connectivity index (χ4v) is 3.81. The molecular weight excluding hydrogens is 382 g/mol. The van der Waals surface area contributed by atoms with Crippen molar-refractivity contribution in [3.8, 4) is 5.75 Å². The third-order valence-electron chi connectivity index (χ3n) is 5.67. The quantitative estimate of drug-likeness (QED) is 0.401. The van der Waals surface area contributed by atoms with Crippen molar-refractivity contribution in [3.05, 3.63) is 95.3 Å². The monoisotopic (exact) mass is 413 g/mol. The van der Waals surface area contributed by atoms with E-state index in [1.54, 1.807) is 7.11 Å². The van der Waals surface area contributed by atoms with Gasteiger partial charge in [-0.2, -0.15) is 0 Å². The number of ether oxygens (including phenoxy) is 1. The van der Waals surface area contributed by atoms with Gasteiger partial charge in [0.15, 0.2) is 0 Å². The summed E-state index contributed by atoms with van der Waals surface area (Å²) in [5, 5.41) is 3.61. The molecule has 0 saturated carbocycles. The number of nitrogens with zero attached hydrogens (tertiary/aromatic N) is 2. The van der Waals surface area contributed by atoms with Crippen molar-refractivity contribution >= 4 is 11.5 Å². The van der Waals surface area contributed by atoms with E-state index < -0.39 is 0 Å². The summed E-state index contributed by atoms with van der Waals surface area (Å²) in [6.45, 7) is 7.46. The molecule has 4 nitrogen and oxygen atoms in total. The zero-order valence-corrected chi connectivity index (χ0v) is 18.9. The molecule has 0 radical (unpaired) electrons. The number of aryl methyl sites for hydroxylation is 2. The minimum absolute atomic E-state index is 0.178. The first-order chi connectivity index (χ1) is 14.9. The van der Waals surface area contributed by atoms with Crippen LogP contribution in [0.25, 0.3) is 5.65 Å². The molecule has 0 amide bonds. The Balaban J connectivity index is 1.53. The molecule has 2 aromatic carbocycles. The Morgan fingerprint density at radius 1 is 0.903 bits per heavy atom. The maximum atomic E-state index is 5.36. The summed E-state index contributed by atoms with van der Waals surface area (Å²) < 4.78 is 7.49. The molecule has 2 heterocycles. The predicted molar refractivity (Wildman–Crippen MR) is 128 cm³/mol. The Kier molecular flexibility index (Phi) is 5.99. The van der Waals surface area contributed by atoms with Gasteiger partial charge in [0, 0.05) is 12.7 Å². The maximum Gasteiger partial charge on any atom is 0.138 e. The number of anilines is 1. The van der Waals surface area contributed by atoms with Crippen LogP contribution < -0.4 is 10.1 Å². The Bertz CT molecular complexity index is 1150. The van der Waals surface area contributed by atoms with Gasteiger partial charge >= 0.3 is 0 Å². The summed E-state index contributed by atoms with van der Waals surface area (Å²) >= 11 is 0. The third kappa shape index (κ3) is 4.91. The van der Waals surface area contributed by atoms with Crippen molar-refractivity contribution in [1.82, 2.24) is 9.38 Å². The standard InChI is InChI=1S/C27H31N3O/c1-27(2,3)22-14-11-20(12-15-22)13-16-24-26(30-17-6-5-10-25(30)29-24)28-19-21-8-7-9-23(18-21)31-4/h5-12,14-15,17-18,28H,13,16,19H2,1-4H3. The van der Waals surface area contributed by atoms with Gasteiger partial charge in [-0.3, -0.25) is 4.40 Å². The maximum absolute atomic E-state index is 5.36. The topological polar surface area (TPSA) is 38.6 Å². The number of imidazole rings is 1. The van der Waals surface area contributed by atoms with Gasteiger partial charge in [-0.05, 0) is 59.2 Å². The molecule has 2 aromatic heterocycles. The average Bonchev–Trinajstić information content (AvgIpc) is 3.13. The van der Waals surface area contributed by atoms with Gasteiger partial charge in [0.2, 0.25) is 0 Å². The van der Waals surface area contributed by atoms with E-state index in [1.165, 1.54) is 16.7 Å². The van der Waals surface area contributed by atoms with Gasteiger partial charge < -0.3 is 10.1 Å². The van der Waals surface area contributed by atoms with E-state index in [0.717, 1.165) is 35.8 Å². The number of hydrogen-bond acceptors (Lipinski definition) is 3. The molecule has 31 heavy (non-hydrogen) atoms. The number of benzene rings is 2. The van der Waals surface area contributed by atoms with Crippen molar-refractivity contribution < 1.29 is 4.74 Å². The molecule has 0 saturated heterocycles. The average molecular weight is 414 g/mol. The number of nitrogens with one attached hydrogen (secondary N) is 1. The molecule has 0 spiro atoms. The molecule has 0 aliphatic heterocycles. The Labute approximate surface area is 184 Å². The number of hydrogen-bond donors (Lipinski definition) is 1. The highest BCUT2D eigenvalue weighted by Gasteiger charge is 2.14. The van der Waals surface area contributed by atoms with Gasteiger partial charge in [-0.15, -0.1) is 0 Å². The van der Waals surface area contributed by atoms with Crippen LogP contribution in [0.5, 0.6) is 5.75 Å². The fourth-order valence-electron chi connectivity index (χ4n) is 3.81. The summed E-state index contributed by atoms with van der Waals surface area (Å²) in [6.07, 6.45) is 3.91. The molecule has 4 heteroatoms. The zero-order valence-electron chi connectivity index (χ0n) is 18.9. The number of fused-ring (bicyclic) bond motifs is 1. The third-order valence-corrected chi connectivity index (χ3v) is 5.67. The molecule has 4 rings (SSSR count). The Morgan fingerprint density at radius 3 is 2.45 bits per heavy atom. The molecule has 160 valence electrons. The van der Waals surface area contributed by atoms with E-state index in [2.05, 4.69) is 79.2 Å². The minimum atomic E-state index is 0.178. The molecular formula is C27H31N3O. The van der Waals surface area contributed by atoms with Crippen molar-refractivity contribution in [2.24, 2.45) is 0 Å². The van der Waals surface area contributed by atoms with Crippen molar-refractivity contribution in [1.29, 1.82) is 0 Å². The normalized spacial score (nSPS) is 11.6. The van der Waals surface area contributed by atoms with Crippen molar-refractivity contribution in [2.45, 2.75) is 45.6 Å². The van der Waals surface area contributed by atoms with Crippen LogP contribution in [-0.4, -0.2) is 16.5 Å². The number of methoxy groups -OCH3 is 1. The molecule has 0 unspecified atom stereocenters. The molecule has 4 aromatic rings. The number of aromatic nitrogens is 2. The predicted octanol–water partition coefficient (Wildman–Crippen LogP) is 6.04. The Hall–Kier alpha value is -3.27. The summed E-state index contributed by atoms with van der Waals surface area (Å²) in [4.78, 5) is 4.91. The van der Waals surface area contributed by atoms with E-state index in [-0.39, 0.29) is 5.41 Å². The second kappa shape index (κ2) is 8.84. The number of pyridine rings is 1. The van der Waals surface area contributed by atoms with Gasteiger partial charge in [0.25, 0.3) is 0 Å². The van der Waals surface area contributed by atoms with Crippen LogP contribution in [0.3, 0.4) is 0 Å². The summed E-state index contributed by atoms with van der Waals surface area (Å²) in [5.41, 5.74) is 6.11. The summed E-state index contributed by atoms with van der Waals surface area (Å²) in [6, 6.07) is 23.3. The number of rotatable bonds is 7. The highest BCUT2D eigenvalue weighted by Crippen LogP contribution is 2.24. The van der Waals surface area contributed by atoms with Crippen molar-refractivity contribution in [3.63, 3.8) is 0 Å². The smallest absolute Gasteiger partial charge is 0.138 e. The molecule has 1 N–H and O–H groups in total. The summed E-state index contributed by atoms with van der Waals surface area (Å²) in [7, 11) is 1.70. The molecule has 0 aliphatic rings. The van der Waals surface area contributed by atoms with Crippen molar-refractivity contribution in [2.75, 3.05) is 12.4 Å². The van der Waals surface area contributed by atoms with Gasteiger partial charge in [-0.1, -0.05) is 63.2 Å². The molecule has 0 bridgehead atoms. The first-order valence-corrected chi connectivity index (χ1v) is 10.9. The van der Waals surface area contributed by atoms with E-state index in [4.69, 9.17) is 9.72 Å². The van der Waals surface area contributed by atoms with Gasteiger partial charge in [0.05, 0.1) is 12.8 Å². The second-order valence-corrected chi connectivity index (χ2v) is 8.99. The van der Waals surface area contributed by atoms with Crippen LogP contribution in [0.4, 0.5) is 5.82 Å².